The predicted molar refractivity (Wildman–Crippen MR) is 137 cm³/mol. The Morgan fingerprint density at radius 1 is 0.806 bits per heavy atom. The molecular formula is C25H25BrN2OS2. The number of hydrogen-bond donors (Lipinski definition) is 0. The van der Waals surface area contributed by atoms with Gasteiger partial charge in [-0.05, 0) is 36.8 Å². The molecule has 4 rings (SSSR count). The minimum atomic E-state index is 0.877. The number of rotatable bonds is 10. The molecule has 0 aliphatic carbocycles. The molecule has 0 N–H and O–H groups in total. The number of benzene rings is 2. The molecule has 31 heavy (non-hydrogen) atoms. The Morgan fingerprint density at radius 2 is 1.45 bits per heavy atom. The van der Waals surface area contributed by atoms with Gasteiger partial charge in [-0.3, -0.25) is 9.97 Å². The van der Waals surface area contributed by atoms with E-state index in [-0.39, 0.29) is 0 Å². The molecule has 0 unspecified atom stereocenters. The van der Waals surface area contributed by atoms with E-state index >= 15 is 0 Å². The van der Waals surface area contributed by atoms with Crippen LogP contribution in [0.2, 0.25) is 0 Å². The summed E-state index contributed by atoms with van der Waals surface area (Å²) < 4.78 is 5.83. The molecule has 4 aromatic rings. The number of alkyl halides is 1. The number of methoxy groups -OCH3 is 1. The maximum atomic E-state index is 5.83. The zero-order valence-corrected chi connectivity index (χ0v) is 20.7. The number of pyridine rings is 2. The molecule has 2 aromatic heterocycles. The van der Waals surface area contributed by atoms with Crippen LogP contribution in [0.5, 0.6) is 5.75 Å². The van der Waals surface area contributed by atoms with Gasteiger partial charge in [0.2, 0.25) is 0 Å². The molecule has 0 amide bonds. The normalized spacial score (nSPS) is 11.3. The van der Waals surface area contributed by atoms with Gasteiger partial charge < -0.3 is 4.74 Å². The summed E-state index contributed by atoms with van der Waals surface area (Å²) in [7, 11) is 1.74. The summed E-state index contributed by atoms with van der Waals surface area (Å²) in [6.07, 6.45) is 8.96. The lowest BCUT2D eigenvalue weighted by atomic mass is 10.2. The summed E-state index contributed by atoms with van der Waals surface area (Å²) in [6.45, 7) is 0. The molecule has 0 saturated heterocycles. The van der Waals surface area contributed by atoms with Crippen molar-refractivity contribution < 1.29 is 4.74 Å². The van der Waals surface area contributed by atoms with Crippen molar-refractivity contribution in [2.75, 3.05) is 18.2 Å². The average Bonchev–Trinajstić information content (AvgIpc) is 2.82. The molecule has 2 heterocycles. The van der Waals surface area contributed by atoms with Crippen molar-refractivity contribution in [3.63, 3.8) is 0 Å². The van der Waals surface area contributed by atoms with Gasteiger partial charge in [0.1, 0.15) is 5.75 Å². The lowest BCUT2D eigenvalue weighted by molar-refractivity contribution is 0.409. The molecule has 2 aromatic carbocycles. The van der Waals surface area contributed by atoms with Crippen LogP contribution in [-0.4, -0.2) is 28.2 Å². The fourth-order valence-electron chi connectivity index (χ4n) is 3.53. The van der Waals surface area contributed by atoms with Crippen LogP contribution in [0.4, 0.5) is 0 Å². The van der Waals surface area contributed by atoms with E-state index in [0.29, 0.717) is 0 Å². The second-order valence-corrected chi connectivity index (χ2v) is 10.2. The Hall–Kier alpha value is -1.76. The second kappa shape index (κ2) is 11.2. The molecule has 3 nitrogen and oxygen atoms in total. The van der Waals surface area contributed by atoms with Crippen LogP contribution in [0.1, 0.15) is 25.7 Å². The van der Waals surface area contributed by atoms with E-state index in [1.165, 1.54) is 40.9 Å². The standard InChI is InChI=1S/C25H25BrN2OS2/c1-29-24-18-10-4-6-12-20(18)27-16-22(24)31-25-19-11-5-7-13-21(19)28-17-23(25)30-15-9-3-2-8-14-26/h4-7,10-13,16-17H,2-3,8-9,14-15H2,1H3. The van der Waals surface area contributed by atoms with E-state index in [0.717, 1.165) is 38.1 Å². The summed E-state index contributed by atoms with van der Waals surface area (Å²) in [5.74, 6) is 1.98. The van der Waals surface area contributed by atoms with Gasteiger partial charge in [-0.1, -0.05) is 70.9 Å². The molecular weight excluding hydrogens is 488 g/mol. The minimum Gasteiger partial charge on any atom is -0.495 e. The van der Waals surface area contributed by atoms with Gasteiger partial charge in [-0.25, -0.2) is 0 Å². The third kappa shape index (κ3) is 5.36. The predicted octanol–water partition coefficient (Wildman–Crippen LogP) is 7.99. The van der Waals surface area contributed by atoms with Crippen LogP contribution >= 0.6 is 39.5 Å². The molecule has 0 aliphatic heterocycles. The van der Waals surface area contributed by atoms with Crippen molar-refractivity contribution >= 4 is 61.3 Å². The smallest absolute Gasteiger partial charge is 0.143 e. The van der Waals surface area contributed by atoms with Crippen LogP contribution < -0.4 is 4.74 Å². The highest BCUT2D eigenvalue weighted by atomic mass is 79.9. The summed E-state index contributed by atoms with van der Waals surface area (Å²) in [6, 6.07) is 16.5. The van der Waals surface area contributed by atoms with E-state index in [1.807, 2.05) is 48.4 Å². The Balaban J connectivity index is 1.66. The van der Waals surface area contributed by atoms with Crippen molar-refractivity contribution in [1.82, 2.24) is 9.97 Å². The maximum Gasteiger partial charge on any atom is 0.143 e. The zero-order chi connectivity index (χ0) is 21.5. The van der Waals surface area contributed by atoms with Crippen molar-refractivity contribution in [3.05, 3.63) is 60.9 Å². The number of nitrogens with zero attached hydrogens (tertiary/aromatic N) is 2. The van der Waals surface area contributed by atoms with Crippen molar-refractivity contribution in [2.24, 2.45) is 0 Å². The van der Waals surface area contributed by atoms with Crippen LogP contribution in [-0.2, 0) is 0 Å². The number of aromatic nitrogens is 2. The quantitative estimate of drug-likeness (QED) is 0.122. The minimum absolute atomic E-state index is 0.877. The lowest BCUT2D eigenvalue weighted by Gasteiger charge is -2.15. The molecule has 0 radical (unpaired) electrons. The van der Waals surface area contributed by atoms with E-state index < -0.39 is 0 Å². The number of unbranched alkanes of at least 4 members (excludes halogenated alkanes) is 3. The van der Waals surface area contributed by atoms with Crippen molar-refractivity contribution in [2.45, 2.75) is 40.4 Å². The number of ether oxygens (including phenoxy) is 1. The fourth-order valence-corrected chi connectivity index (χ4v) is 6.21. The molecule has 0 saturated carbocycles. The zero-order valence-electron chi connectivity index (χ0n) is 17.5. The third-order valence-corrected chi connectivity index (χ3v) is 8.05. The van der Waals surface area contributed by atoms with Gasteiger partial charge >= 0.3 is 0 Å². The number of hydrogen-bond acceptors (Lipinski definition) is 5. The van der Waals surface area contributed by atoms with Crippen molar-refractivity contribution in [1.29, 1.82) is 0 Å². The van der Waals surface area contributed by atoms with Crippen LogP contribution in [0.15, 0.2) is 75.6 Å². The number of halogens is 1. The van der Waals surface area contributed by atoms with Crippen LogP contribution in [0.3, 0.4) is 0 Å². The number of thioether (sulfide) groups is 1. The Kier molecular flexibility index (Phi) is 8.11. The summed E-state index contributed by atoms with van der Waals surface area (Å²) in [4.78, 5) is 12.9. The first-order valence-electron chi connectivity index (χ1n) is 10.5. The topological polar surface area (TPSA) is 35.0 Å². The first kappa shape index (κ1) is 22.4. The molecule has 0 bridgehead atoms. The van der Waals surface area contributed by atoms with Gasteiger partial charge in [-0.2, -0.15) is 0 Å². The Bertz CT molecular complexity index is 1170. The SMILES string of the molecule is COc1c(Sc2c(SCCCCCCBr)cnc3ccccc23)cnc2ccccc12. The average molecular weight is 514 g/mol. The molecule has 160 valence electrons. The van der Waals surface area contributed by atoms with Crippen LogP contribution in [0.25, 0.3) is 21.8 Å². The highest BCUT2D eigenvalue weighted by Crippen LogP contribution is 2.44. The highest BCUT2D eigenvalue weighted by Gasteiger charge is 2.16. The van der Waals surface area contributed by atoms with Gasteiger partial charge in [-0.15, -0.1) is 11.8 Å². The number of para-hydroxylation sites is 2. The maximum absolute atomic E-state index is 5.83. The molecule has 0 fully saturated rings. The lowest BCUT2D eigenvalue weighted by Crippen LogP contribution is -1.93. The highest BCUT2D eigenvalue weighted by molar-refractivity contribution is 9.09. The molecule has 0 atom stereocenters. The summed E-state index contributed by atoms with van der Waals surface area (Å²) >= 11 is 7.14. The van der Waals surface area contributed by atoms with Gasteiger partial charge in [0.05, 0.1) is 23.0 Å². The Labute approximate surface area is 200 Å². The molecule has 0 aliphatic rings. The van der Waals surface area contributed by atoms with Gasteiger partial charge in [0.25, 0.3) is 0 Å². The number of fused-ring (bicyclic) bond motifs is 2. The third-order valence-electron chi connectivity index (χ3n) is 5.09. The monoisotopic (exact) mass is 512 g/mol. The van der Waals surface area contributed by atoms with Gasteiger partial charge in [0.15, 0.2) is 0 Å². The molecule has 0 spiro atoms. The Morgan fingerprint density at radius 3 is 2.19 bits per heavy atom. The largest absolute Gasteiger partial charge is 0.495 e. The van der Waals surface area contributed by atoms with Crippen LogP contribution in [0, 0.1) is 0 Å². The van der Waals surface area contributed by atoms with E-state index in [9.17, 15) is 0 Å². The second-order valence-electron chi connectivity index (χ2n) is 7.20. The summed E-state index contributed by atoms with van der Waals surface area (Å²) in [5.41, 5.74) is 1.96. The summed E-state index contributed by atoms with van der Waals surface area (Å²) in [5, 5.41) is 3.30. The van der Waals surface area contributed by atoms with E-state index in [1.54, 1.807) is 18.9 Å². The van der Waals surface area contributed by atoms with E-state index in [4.69, 9.17) is 9.72 Å². The van der Waals surface area contributed by atoms with E-state index in [2.05, 4.69) is 45.2 Å². The molecule has 6 heteroatoms. The first-order valence-corrected chi connectivity index (χ1v) is 13.4. The van der Waals surface area contributed by atoms with Gasteiger partial charge in [0, 0.05) is 38.3 Å². The fraction of sp³-hybridized carbons (Fsp3) is 0.280. The first-order chi connectivity index (χ1) is 15.3. The van der Waals surface area contributed by atoms with Crippen molar-refractivity contribution in [3.8, 4) is 5.75 Å².